The molecule has 160 valence electrons. The summed E-state index contributed by atoms with van der Waals surface area (Å²) < 4.78 is 0. The molecular formula is C29H39N. The summed E-state index contributed by atoms with van der Waals surface area (Å²) in [4.78, 5) is 2.35. The maximum Gasteiger partial charge on any atom is 0.0461 e. The lowest BCUT2D eigenvalue weighted by molar-refractivity contribution is 0.733. The highest BCUT2D eigenvalue weighted by Crippen LogP contribution is 2.36. The van der Waals surface area contributed by atoms with Gasteiger partial charge < -0.3 is 4.90 Å². The summed E-state index contributed by atoms with van der Waals surface area (Å²) in [5.74, 6) is 1.14. The van der Waals surface area contributed by atoms with Crippen molar-refractivity contribution in [1.29, 1.82) is 0 Å². The smallest absolute Gasteiger partial charge is 0.0461 e. The second-order valence-corrected chi connectivity index (χ2v) is 8.00. The molecule has 3 aromatic carbocycles. The van der Waals surface area contributed by atoms with Crippen molar-refractivity contribution in [2.75, 3.05) is 4.90 Å². The Morgan fingerprint density at radius 2 is 1.00 bits per heavy atom. The van der Waals surface area contributed by atoms with Crippen LogP contribution in [0.4, 0.5) is 17.1 Å². The Morgan fingerprint density at radius 1 is 0.600 bits per heavy atom. The molecule has 1 unspecified atom stereocenters. The van der Waals surface area contributed by atoms with Crippen LogP contribution in [0.1, 0.15) is 83.4 Å². The second kappa shape index (κ2) is 11.6. The Bertz CT molecular complexity index is 858. The van der Waals surface area contributed by atoms with Crippen molar-refractivity contribution in [1.82, 2.24) is 0 Å². The molecule has 0 aromatic heterocycles. The van der Waals surface area contributed by atoms with E-state index >= 15 is 0 Å². The van der Waals surface area contributed by atoms with Crippen LogP contribution < -0.4 is 4.90 Å². The summed E-state index contributed by atoms with van der Waals surface area (Å²) in [6.45, 7) is 15.2. The van der Waals surface area contributed by atoms with Gasteiger partial charge >= 0.3 is 0 Å². The fraction of sp³-hybridized carbons (Fsp3) is 0.379. The van der Waals surface area contributed by atoms with Crippen LogP contribution in [0.15, 0.2) is 72.8 Å². The molecule has 0 aliphatic heterocycles. The summed E-state index contributed by atoms with van der Waals surface area (Å²) >= 11 is 0. The van der Waals surface area contributed by atoms with Gasteiger partial charge in [0.2, 0.25) is 0 Å². The second-order valence-electron chi connectivity index (χ2n) is 8.00. The number of anilines is 3. The molecular weight excluding hydrogens is 362 g/mol. The average Bonchev–Trinajstić information content (AvgIpc) is 2.81. The van der Waals surface area contributed by atoms with Gasteiger partial charge in [0.1, 0.15) is 0 Å². The van der Waals surface area contributed by atoms with Crippen molar-refractivity contribution in [3.8, 4) is 0 Å². The fourth-order valence-electron chi connectivity index (χ4n) is 3.52. The Morgan fingerprint density at radius 3 is 1.37 bits per heavy atom. The lowest BCUT2D eigenvalue weighted by Crippen LogP contribution is -2.10. The van der Waals surface area contributed by atoms with Crippen LogP contribution in [0.25, 0.3) is 0 Å². The van der Waals surface area contributed by atoms with Gasteiger partial charge in [-0.05, 0) is 77.8 Å². The van der Waals surface area contributed by atoms with Crippen molar-refractivity contribution >= 4 is 17.1 Å². The van der Waals surface area contributed by atoms with Crippen LogP contribution in [0.2, 0.25) is 0 Å². The first kappa shape index (κ1) is 23.7. The van der Waals surface area contributed by atoms with Crippen molar-refractivity contribution in [2.45, 2.75) is 73.1 Å². The van der Waals surface area contributed by atoms with E-state index in [0.717, 1.165) is 12.8 Å². The van der Waals surface area contributed by atoms with Crippen LogP contribution in [-0.2, 0) is 6.42 Å². The molecule has 0 saturated heterocycles. The predicted molar refractivity (Wildman–Crippen MR) is 135 cm³/mol. The standard InChI is InChI=1S/C27H33N.C2H6/c1-6-21(5)24-12-18-27(19-13-24)28(25-14-8-22(7-2)9-15-25)26-16-10-23(11-17-26)20(3)4;1-2/h8-21H,6-7H2,1-5H3;1-2H3. The lowest BCUT2D eigenvalue weighted by Gasteiger charge is -2.26. The Hall–Kier alpha value is -2.54. The summed E-state index contributed by atoms with van der Waals surface area (Å²) in [6, 6.07) is 27.0. The van der Waals surface area contributed by atoms with E-state index in [1.165, 1.54) is 33.8 Å². The number of nitrogens with zero attached hydrogens (tertiary/aromatic N) is 1. The summed E-state index contributed by atoms with van der Waals surface area (Å²) in [5.41, 5.74) is 7.75. The molecule has 0 fully saturated rings. The minimum atomic E-state index is 0.543. The molecule has 0 amide bonds. The number of hydrogen-bond donors (Lipinski definition) is 0. The molecule has 3 aromatic rings. The largest absolute Gasteiger partial charge is 0.311 e. The van der Waals surface area contributed by atoms with E-state index in [9.17, 15) is 0 Å². The SMILES string of the molecule is CC.CCc1ccc(N(c2ccc(C(C)C)cc2)c2ccc(C(C)CC)cc2)cc1. The van der Waals surface area contributed by atoms with Crippen molar-refractivity contribution in [3.63, 3.8) is 0 Å². The molecule has 0 heterocycles. The number of benzene rings is 3. The van der Waals surface area contributed by atoms with Gasteiger partial charge in [-0.15, -0.1) is 0 Å². The third-order valence-electron chi connectivity index (χ3n) is 5.75. The quantitative estimate of drug-likeness (QED) is 0.381. The third-order valence-corrected chi connectivity index (χ3v) is 5.75. The molecule has 0 radical (unpaired) electrons. The van der Waals surface area contributed by atoms with Gasteiger partial charge in [0.15, 0.2) is 0 Å². The first-order chi connectivity index (χ1) is 14.5. The molecule has 1 atom stereocenters. The van der Waals surface area contributed by atoms with Crippen LogP contribution in [-0.4, -0.2) is 0 Å². The molecule has 30 heavy (non-hydrogen) atoms. The van der Waals surface area contributed by atoms with Crippen LogP contribution in [0.5, 0.6) is 0 Å². The van der Waals surface area contributed by atoms with Gasteiger partial charge in [0.25, 0.3) is 0 Å². The molecule has 1 heteroatoms. The van der Waals surface area contributed by atoms with Gasteiger partial charge in [-0.1, -0.05) is 84.9 Å². The van der Waals surface area contributed by atoms with Crippen LogP contribution in [0.3, 0.4) is 0 Å². The van der Waals surface area contributed by atoms with E-state index in [0.29, 0.717) is 11.8 Å². The zero-order valence-corrected chi connectivity index (χ0v) is 19.9. The third kappa shape index (κ3) is 5.75. The van der Waals surface area contributed by atoms with E-state index in [4.69, 9.17) is 0 Å². The maximum atomic E-state index is 2.35. The predicted octanol–water partition coefficient (Wildman–Crippen LogP) is 9.38. The van der Waals surface area contributed by atoms with Gasteiger partial charge in [-0.2, -0.15) is 0 Å². The van der Waals surface area contributed by atoms with E-state index in [-0.39, 0.29) is 0 Å². The van der Waals surface area contributed by atoms with Gasteiger partial charge in [-0.3, -0.25) is 0 Å². The van der Waals surface area contributed by atoms with E-state index < -0.39 is 0 Å². The molecule has 0 spiro atoms. The average molecular weight is 402 g/mol. The summed E-state index contributed by atoms with van der Waals surface area (Å²) in [5, 5.41) is 0. The Balaban J connectivity index is 0.00000155. The lowest BCUT2D eigenvalue weighted by atomic mass is 9.98. The van der Waals surface area contributed by atoms with Crippen molar-refractivity contribution in [3.05, 3.63) is 89.5 Å². The minimum absolute atomic E-state index is 0.543. The molecule has 0 N–H and O–H groups in total. The molecule has 3 rings (SSSR count). The zero-order chi connectivity index (χ0) is 22.1. The highest BCUT2D eigenvalue weighted by molar-refractivity contribution is 5.76. The minimum Gasteiger partial charge on any atom is -0.311 e. The number of hydrogen-bond acceptors (Lipinski definition) is 1. The highest BCUT2D eigenvalue weighted by Gasteiger charge is 2.13. The van der Waals surface area contributed by atoms with Crippen molar-refractivity contribution in [2.24, 2.45) is 0 Å². The Kier molecular flexibility index (Phi) is 9.17. The Labute approximate surface area is 184 Å². The van der Waals surface area contributed by atoms with Crippen LogP contribution >= 0.6 is 0 Å². The first-order valence-corrected chi connectivity index (χ1v) is 11.6. The topological polar surface area (TPSA) is 3.24 Å². The number of aryl methyl sites for hydroxylation is 1. The molecule has 0 saturated carbocycles. The monoisotopic (exact) mass is 401 g/mol. The first-order valence-electron chi connectivity index (χ1n) is 11.6. The van der Waals surface area contributed by atoms with Gasteiger partial charge in [0, 0.05) is 17.1 Å². The zero-order valence-electron chi connectivity index (χ0n) is 19.9. The molecule has 0 aliphatic carbocycles. The summed E-state index contributed by atoms with van der Waals surface area (Å²) in [6.07, 6.45) is 2.23. The molecule has 0 aliphatic rings. The fourth-order valence-corrected chi connectivity index (χ4v) is 3.52. The number of rotatable bonds is 7. The molecule has 1 nitrogen and oxygen atoms in total. The van der Waals surface area contributed by atoms with Gasteiger partial charge in [0.05, 0.1) is 0 Å². The molecule has 0 bridgehead atoms. The van der Waals surface area contributed by atoms with E-state index in [1.54, 1.807) is 0 Å². The normalized spacial score (nSPS) is 11.6. The highest BCUT2D eigenvalue weighted by atomic mass is 15.1. The van der Waals surface area contributed by atoms with Gasteiger partial charge in [-0.25, -0.2) is 0 Å². The van der Waals surface area contributed by atoms with Crippen molar-refractivity contribution < 1.29 is 0 Å². The van der Waals surface area contributed by atoms with Crippen LogP contribution in [0, 0.1) is 0 Å². The van der Waals surface area contributed by atoms with E-state index in [2.05, 4.69) is 112 Å². The van der Waals surface area contributed by atoms with E-state index in [1.807, 2.05) is 13.8 Å². The summed E-state index contributed by atoms with van der Waals surface area (Å²) in [7, 11) is 0. The maximum absolute atomic E-state index is 2.35.